The van der Waals surface area contributed by atoms with Gasteiger partial charge in [-0.15, -0.1) is 0 Å². The van der Waals surface area contributed by atoms with Gasteiger partial charge in [-0.25, -0.2) is 0 Å². The normalized spacial score (nSPS) is 11.9. The fourth-order valence-electron chi connectivity index (χ4n) is 6.13. The predicted octanol–water partition coefficient (Wildman–Crippen LogP) is 19.0. The van der Waals surface area contributed by atoms with Crippen molar-refractivity contribution in [3.63, 3.8) is 0 Å². The molecule has 1 heterocycles. The summed E-state index contributed by atoms with van der Waals surface area (Å²) in [7, 11) is 0. The van der Waals surface area contributed by atoms with E-state index >= 15 is 0 Å². The molecule has 0 bridgehead atoms. The molecule has 0 fully saturated rings. The maximum Gasteiger partial charge on any atom is 0.213 e. The summed E-state index contributed by atoms with van der Waals surface area (Å²) in [5.41, 5.74) is 16.1. The first-order chi connectivity index (χ1) is 29.6. The first-order valence-electron chi connectivity index (χ1n) is 23.5. The van der Waals surface area contributed by atoms with Crippen LogP contribution in [0, 0.1) is 34.6 Å². The minimum atomic E-state index is -0.227. The molecule has 0 atom stereocenters. The van der Waals surface area contributed by atoms with Crippen molar-refractivity contribution in [1.29, 1.82) is 0 Å². The van der Waals surface area contributed by atoms with Gasteiger partial charge in [-0.3, -0.25) is 0 Å². The number of aryl methyl sites for hydroxylation is 5. The third kappa shape index (κ3) is 21.2. The molecule has 2 heteroatoms. The summed E-state index contributed by atoms with van der Waals surface area (Å²) in [6.07, 6.45) is 0. The van der Waals surface area contributed by atoms with Crippen LogP contribution < -0.4 is 0 Å². The maximum absolute atomic E-state index is 4.00. The first-order valence-corrected chi connectivity index (χ1v) is 23.5. The van der Waals surface area contributed by atoms with Crippen molar-refractivity contribution in [2.45, 2.75) is 166 Å². The van der Waals surface area contributed by atoms with Crippen LogP contribution in [0.1, 0.15) is 192 Å². The lowest BCUT2D eigenvalue weighted by Gasteiger charge is -2.08. The van der Waals surface area contributed by atoms with Crippen LogP contribution in [-0.4, -0.2) is 0 Å². The minimum Gasteiger partial charge on any atom is -0.154 e. The summed E-state index contributed by atoms with van der Waals surface area (Å²) >= 11 is 0. The molecule has 7 rings (SSSR count). The fourth-order valence-corrected chi connectivity index (χ4v) is 6.13. The van der Waals surface area contributed by atoms with E-state index in [1.807, 2.05) is 6.92 Å². The topological polar surface area (TPSA) is 24.7 Å². The van der Waals surface area contributed by atoms with E-state index in [1.165, 1.54) is 66.8 Å². The van der Waals surface area contributed by atoms with Gasteiger partial charge in [-0.2, -0.15) is 10.2 Å². The van der Waals surface area contributed by atoms with E-state index in [0.29, 0.717) is 35.5 Å². The lowest BCUT2D eigenvalue weighted by molar-refractivity contribution is 0.727. The van der Waals surface area contributed by atoms with E-state index in [4.69, 9.17) is 0 Å². The Hall–Kier alpha value is -5.08. The van der Waals surface area contributed by atoms with E-state index < -0.39 is 0 Å². The number of rotatable bonds is 7. The zero-order valence-electron chi connectivity index (χ0n) is 42.7. The van der Waals surface area contributed by atoms with Gasteiger partial charge in [-0.1, -0.05) is 256 Å². The highest BCUT2D eigenvalue weighted by Gasteiger charge is 2.35. The molecule has 0 aromatic heterocycles. The molecule has 0 saturated heterocycles. The van der Waals surface area contributed by atoms with Crippen LogP contribution >= 0.6 is 0 Å². The molecule has 6 aromatic carbocycles. The Morgan fingerprint density at radius 2 is 0.397 bits per heavy atom. The monoisotopic (exact) mass is 845 g/mol. The van der Waals surface area contributed by atoms with Crippen molar-refractivity contribution in [3.8, 4) is 0 Å². The largest absolute Gasteiger partial charge is 0.213 e. The molecule has 338 valence electrons. The van der Waals surface area contributed by atoms with Crippen LogP contribution in [0.4, 0.5) is 0 Å². The molecule has 0 radical (unpaired) electrons. The minimum absolute atomic E-state index is 0.227. The van der Waals surface area contributed by atoms with E-state index in [-0.39, 0.29) is 5.66 Å². The zero-order valence-corrected chi connectivity index (χ0v) is 42.7. The van der Waals surface area contributed by atoms with Gasteiger partial charge in [0.15, 0.2) is 0 Å². The highest BCUT2D eigenvalue weighted by molar-refractivity contribution is 5.31. The van der Waals surface area contributed by atoms with Gasteiger partial charge in [0.25, 0.3) is 0 Å². The number of hydrogen-bond donors (Lipinski definition) is 0. The predicted molar refractivity (Wildman–Crippen MR) is 279 cm³/mol. The average molecular weight is 845 g/mol. The highest BCUT2D eigenvalue weighted by Crippen LogP contribution is 2.38. The van der Waals surface area contributed by atoms with Gasteiger partial charge in [0.1, 0.15) is 0 Å². The van der Waals surface area contributed by atoms with Crippen LogP contribution in [0.5, 0.6) is 0 Å². The third-order valence-corrected chi connectivity index (χ3v) is 11.2. The summed E-state index contributed by atoms with van der Waals surface area (Å²) in [5, 5.41) is 8.01. The van der Waals surface area contributed by atoms with Crippen molar-refractivity contribution in [3.05, 3.63) is 212 Å². The van der Waals surface area contributed by atoms with Crippen molar-refractivity contribution in [1.82, 2.24) is 0 Å². The van der Waals surface area contributed by atoms with Gasteiger partial charge < -0.3 is 0 Å². The molecule has 1 aliphatic heterocycles. The highest BCUT2D eigenvalue weighted by atomic mass is 15.4. The van der Waals surface area contributed by atoms with Crippen LogP contribution in [0.25, 0.3) is 0 Å². The van der Waals surface area contributed by atoms with Crippen molar-refractivity contribution >= 4 is 0 Å². The molecule has 0 amide bonds. The Morgan fingerprint density at radius 1 is 0.254 bits per heavy atom. The van der Waals surface area contributed by atoms with Gasteiger partial charge in [-0.05, 0) is 110 Å². The Morgan fingerprint density at radius 3 is 0.524 bits per heavy atom. The number of benzene rings is 6. The Kier molecular flexibility index (Phi) is 23.3. The van der Waals surface area contributed by atoms with Crippen LogP contribution in [0.3, 0.4) is 0 Å². The molecule has 0 N–H and O–H groups in total. The Labute approximate surface area is 386 Å². The first kappa shape index (κ1) is 54.1. The summed E-state index contributed by atoms with van der Waals surface area (Å²) in [5.74, 6) is 3.86. The summed E-state index contributed by atoms with van der Waals surface area (Å²) in [4.78, 5) is 0. The smallest absolute Gasteiger partial charge is 0.154 e. The van der Waals surface area contributed by atoms with Gasteiger partial charge in [0, 0.05) is 5.56 Å². The van der Waals surface area contributed by atoms with Gasteiger partial charge in [0.2, 0.25) is 5.66 Å². The molecule has 0 spiro atoms. The van der Waals surface area contributed by atoms with Gasteiger partial charge >= 0.3 is 0 Å². The summed E-state index contributed by atoms with van der Waals surface area (Å²) in [6.45, 7) is 39.1. The van der Waals surface area contributed by atoms with E-state index in [1.54, 1.807) is 0 Å². The molecule has 2 nitrogen and oxygen atoms in total. The van der Waals surface area contributed by atoms with E-state index in [2.05, 4.69) is 274 Å². The van der Waals surface area contributed by atoms with Crippen LogP contribution in [-0.2, 0) is 5.66 Å². The zero-order chi connectivity index (χ0) is 47.3. The molecule has 1 aliphatic rings. The SMILES string of the molecule is CC(C)c1ccc(C2(C)N=N2)cc1.Cc1ccc(C(C)C)cc1.Cc1ccc(C(C)C)cc1.Cc1ccc(C(C)C)cc1.Cc1ccc(C(C)C)cc1.Cc1ccc(C(C)C)cc1. The second-order valence-electron chi connectivity index (χ2n) is 19.3. The molecule has 0 saturated carbocycles. The molecule has 0 aliphatic carbocycles. The molecule has 0 unspecified atom stereocenters. The Balaban J connectivity index is 0.000000261. The summed E-state index contributed by atoms with van der Waals surface area (Å²) < 4.78 is 0. The second-order valence-corrected chi connectivity index (χ2v) is 19.3. The maximum atomic E-state index is 4.00. The lowest BCUT2D eigenvalue weighted by atomic mass is 9.98. The summed E-state index contributed by atoms with van der Waals surface area (Å²) in [6, 6.07) is 52.1. The van der Waals surface area contributed by atoms with E-state index in [9.17, 15) is 0 Å². The Bertz CT molecular complexity index is 1840. The quantitative estimate of drug-likeness (QED) is 0.153. The average Bonchev–Trinajstić information content (AvgIpc) is 4.01. The van der Waals surface area contributed by atoms with Crippen molar-refractivity contribution in [2.24, 2.45) is 10.2 Å². The molecule has 63 heavy (non-hydrogen) atoms. The molecule has 6 aromatic rings. The van der Waals surface area contributed by atoms with Crippen molar-refractivity contribution < 1.29 is 0 Å². The second kappa shape index (κ2) is 27.2. The van der Waals surface area contributed by atoms with Crippen LogP contribution in [0.15, 0.2) is 156 Å². The molecular formula is C61H84N2. The standard InChI is InChI=1S/C11H14N2.5C10H14/c1-8(2)9-4-6-10(7-5-9)11(3)12-13-11;5*1-8(2)10-6-4-9(3)5-7-10/h4-8H,1-3H3;5*4-8H,1-3H3. The third-order valence-electron chi connectivity index (χ3n) is 11.2. The lowest BCUT2D eigenvalue weighted by Crippen LogP contribution is -2.01. The molecular weight excluding hydrogens is 761 g/mol. The number of nitrogens with zero attached hydrogens (tertiary/aromatic N) is 2. The van der Waals surface area contributed by atoms with Crippen molar-refractivity contribution in [2.75, 3.05) is 0 Å². The van der Waals surface area contributed by atoms with E-state index in [0.717, 1.165) is 0 Å². The van der Waals surface area contributed by atoms with Crippen LogP contribution in [0.2, 0.25) is 0 Å². The number of hydrogen-bond acceptors (Lipinski definition) is 2. The van der Waals surface area contributed by atoms with Gasteiger partial charge in [0.05, 0.1) is 0 Å². The fraction of sp³-hybridized carbons (Fsp3) is 0.410.